The normalized spacial score (nSPS) is 11.1. The van der Waals surface area contributed by atoms with Crippen molar-refractivity contribution in [3.63, 3.8) is 0 Å². The van der Waals surface area contributed by atoms with Crippen molar-refractivity contribution in [3.8, 4) is 11.5 Å². The fourth-order valence-corrected chi connectivity index (χ4v) is 3.46. The van der Waals surface area contributed by atoms with Crippen molar-refractivity contribution in [1.29, 1.82) is 0 Å². The van der Waals surface area contributed by atoms with Crippen molar-refractivity contribution in [2.45, 2.75) is 13.5 Å². The number of para-hydroxylation sites is 1. The zero-order valence-electron chi connectivity index (χ0n) is 18.3. The maximum Gasteiger partial charge on any atom is 0.287 e. The van der Waals surface area contributed by atoms with Crippen molar-refractivity contribution in [2.75, 3.05) is 7.11 Å². The van der Waals surface area contributed by atoms with E-state index in [1.165, 1.54) is 5.56 Å². The molecule has 0 radical (unpaired) electrons. The molecule has 6 nitrogen and oxygen atoms in total. The number of hydrogen-bond donors (Lipinski definition) is 1. The van der Waals surface area contributed by atoms with Crippen LogP contribution in [-0.4, -0.2) is 23.8 Å². The summed E-state index contributed by atoms with van der Waals surface area (Å²) in [5, 5.41) is 5.11. The zero-order chi connectivity index (χ0) is 22.5. The third-order valence-electron chi connectivity index (χ3n) is 5.27. The fourth-order valence-electron chi connectivity index (χ4n) is 3.46. The minimum atomic E-state index is -0.273. The van der Waals surface area contributed by atoms with Crippen LogP contribution in [0.25, 0.3) is 10.9 Å². The Morgan fingerprint density at radius 1 is 1.03 bits per heavy atom. The molecule has 0 bridgehead atoms. The molecule has 1 aromatic heterocycles. The number of fused-ring (bicyclic) bond motifs is 1. The van der Waals surface area contributed by atoms with Crippen LogP contribution in [0.15, 0.2) is 77.9 Å². The Bertz CT molecular complexity index is 1270. The summed E-state index contributed by atoms with van der Waals surface area (Å²) >= 11 is 0. The lowest BCUT2D eigenvalue weighted by molar-refractivity contribution is 0.0947. The number of hydrazone groups is 1. The Morgan fingerprint density at radius 3 is 2.56 bits per heavy atom. The minimum absolute atomic E-state index is 0.273. The van der Waals surface area contributed by atoms with E-state index in [0.717, 1.165) is 22.0 Å². The van der Waals surface area contributed by atoms with E-state index in [0.29, 0.717) is 23.8 Å². The van der Waals surface area contributed by atoms with Gasteiger partial charge < -0.3 is 14.0 Å². The minimum Gasteiger partial charge on any atom is -0.493 e. The number of ether oxygens (including phenoxy) is 2. The summed E-state index contributed by atoms with van der Waals surface area (Å²) in [4.78, 5) is 12.6. The third-order valence-corrected chi connectivity index (χ3v) is 5.27. The van der Waals surface area contributed by atoms with Gasteiger partial charge in [-0.1, -0.05) is 48.0 Å². The SMILES string of the molecule is COc1cc(/C=N/NC(=O)c2cc3ccccc3n2C)ccc1OCc1ccc(C)cc1. The van der Waals surface area contributed by atoms with Crippen molar-refractivity contribution >= 4 is 23.0 Å². The predicted molar refractivity (Wildman–Crippen MR) is 126 cm³/mol. The van der Waals surface area contributed by atoms with Crippen LogP contribution in [0.1, 0.15) is 27.2 Å². The largest absolute Gasteiger partial charge is 0.493 e. The molecule has 0 saturated carbocycles. The first-order chi connectivity index (χ1) is 15.5. The van der Waals surface area contributed by atoms with Gasteiger partial charge in [-0.05, 0) is 48.4 Å². The van der Waals surface area contributed by atoms with Crippen LogP contribution < -0.4 is 14.9 Å². The molecule has 0 saturated heterocycles. The van der Waals surface area contributed by atoms with Gasteiger partial charge in [0.25, 0.3) is 5.91 Å². The molecule has 0 aliphatic rings. The van der Waals surface area contributed by atoms with Crippen LogP contribution in [0.5, 0.6) is 11.5 Å². The molecule has 3 aromatic carbocycles. The van der Waals surface area contributed by atoms with E-state index >= 15 is 0 Å². The standard InChI is InChI=1S/C26H25N3O3/c1-18-8-10-19(11-9-18)17-32-24-13-12-20(14-25(24)31-3)16-27-28-26(30)23-15-21-6-4-5-7-22(21)29(23)2/h4-16H,17H2,1-3H3,(H,28,30)/b27-16+. The molecular formula is C26H25N3O3. The van der Waals surface area contributed by atoms with Crippen LogP contribution in [0.2, 0.25) is 0 Å². The molecule has 6 heteroatoms. The van der Waals surface area contributed by atoms with Gasteiger partial charge in [-0.2, -0.15) is 5.10 Å². The number of aromatic nitrogens is 1. The maximum absolute atomic E-state index is 12.6. The highest BCUT2D eigenvalue weighted by molar-refractivity contribution is 5.99. The van der Waals surface area contributed by atoms with Crippen LogP contribution in [0.3, 0.4) is 0 Å². The van der Waals surface area contributed by atoms with E-state index in [1.807, 2.05) is 72.3 Å². The average molecular weight is 428 g/mol. The average Bonchev–Trinajstić information content (AvgIpc) is 3.16. The lowest BCUT2D eigenvalue weighted by Crippen LogP contribution is -2.20. The topological polar surface area (TPSA) is 64.8 Å². The van der Waals surface area contributed by atoms with Crippen molar-refractivity contribution < 1.29 is 14.3 Å². The van der Waals surface area contributed by atoms with Crippen LogP contribution >= 0.6 is 0 Å². The van der Waals surface area contributed by atoms with Gasteiger partial charge in [0, 0.05) is 18.0 Å². The van der Waals surface area contributed by atoms with E-state index < -0.39 is 0 Å². The van der Waals surface area contributed by atoms with Gasteiger partial charge in [-0.25, -0.2) is 5.43 Å². The molecule has 4 rings (SSSR count). The van der Waals surface area contributed by atoms with E-state index in [-0.39, 0.29) is 5.91 Å². The second-order valence-electron chi connectivity index (χ2n) is 7.53. The summed E-state index contributed by atoms with van der Waals surface area (Å²) in [7, 11) is 3.46. The lowest BCUT2D eigenvalue weighted by Gasteiger charge is -2.11. The van der Waals surface area contributed by atoms with Crippen LogP contribution in [0.4, 0.5) is 0 Å². The summed E-state index contributed by atoms with van der Waals surface area (Å²) in [6, 6.07) is 23.4. The van der Waals surface area contributed by atoms with Crippen LogP contribution in [-0.2, 0) is 13.7 Å². The summed E-state index contributed by atoms with van der Waals surface area (Å²) in [6.45, 7) is 2.50. The predicted octanol–water partition coefficient (Wildman–Crippen LogP) is 4.84. The zero-order valence-corrected chi connectivity index (χ0v) is 18.3. The van der Waals surface area contributed by atoms with Gasteiger partial charge in [0.15, 0.2) is 11.5 Å². The molecule has 0 spiro atoms. The highest BCUT2D eigenvalue weighted by Crippen LogP contribution is 2.28. The number of carbonyl (C=O) groups excluding carboxylic acids is 1. The van der Waals surface area contributed by atoms with Gasteiger partial charge in [0.05, 0.1) is 13.3 Å². The molecule has 0 unspecified atom stereocenters. The molecule has 0 fully saturated rings. The Labute approximate surface area is 187 Å². The maximum atomic E-state index is 12.6. The second-order valence-corrected chi connectivity index (χ2v) is 7.53. The van der Waals surface area contributed by atoms with Gasteiger partial charge in [-0.3, -0.25) is 4.79 Å². The molecule has 0 atom stereocenters. The number of methoxy groups -OCH3 is 1. The smallest absolute Gasteiger partial charge is 0.287 e. The van der Waals surface area contributed by atoms with E-state index in [2.05, 4.69) is 29.6 Å². The molecule has 1 amide bonds. The van der Waals surface area contributed by atoms with E-state index in [9.17, 15) is 4.79 Å². The Balaban J connectivity index is 1.41. The first kappa shape index (κ1) is 21.2. The molecule has 0 aliphatic heterocycles. The number of amides is 1. The van der Waals surface area contributed by atoms with Crippen molar-refractivity contribution in [2.24, 2.45) is 12.1 Å². The van der Waals surface area contributed by atoms with Gasteiger partial charge in [0.1, 0.15) is 12.3 Å². The lowest BCUT2D eigenvalue weighted by atomic mass is 10.2. The molecular weight excluding hydrogens is 402 g/mol. The van der Waals surface area contributed by atoms with Crippen LogP contribution in [0, 0.1) is 6.92 Å². The highest BCUT2D eigenvalue weighted by Gasteiger charge is 2.12. The molecule has 0 aliphatic carbocycles. The summed E-state index contributed by atoms with van der Waals surface area (Å²) in [5.41, 5.74) is 7.20. The number of aryl methyl sites for hydroxylation is 2. The monoisotopic (exact) mass is 427 g/mol. The number of rotatable bonds is 7. The van der Waals surface area contributed by atoms with E-state index in [4.69, 9.17) is 9.47 Å². The molecule has 162 valence electrons. The number of nitrogens with one attached hydrogen (secondary N) is 1. The van der Waals surface area contributed by atoms with Crippen molar-refractivity contribution in [1.82, 2.24) is 9.99 Å². The number of nitrogens with zero attached hydrogens (tertiary/aromatic N) is 2. The fraction of sp³-hybridized carbons (Fsp3) is 0.154. The highest BCUT2D eigenvalue weighted by atomic mass is 16.5. The Hall–Kier alpha value is -4.06. The summed E-state index contributed by atoms with van der Waals surface area (Å²) in [5.74, 6) is 0.968. The molecule has 1 heterocycles. The van der Waals surface area contributed by atoms with Gasteiger partial charge >= 0.3 is 0 Å². The Morgan fingerprint density at radius 2 is 1.81 bits per heavy atom. The number of benzene rings is 3. The Kier molecular flexibility index (Phi) is 6.22. The first-order valence-corrected chi connectivity index (χ1v) is 10.3. The van der Waals surface area contributed by atoms with Gasteiger partial charge in [0.2, 0.25) is 0 Å². The number of carbonyl (C=O) groups is 1. The molecule has 32 heavy (non-hydrogen) atoms. The summed E-state index contributed by atoms with van der Waals surface area (Å²) in [6.07, 6.45) is 1.58. The van der Waals surface area contributed by atoms with Gasteiger partial charge in [-0.15, -0.1) is 0 Å². The first-order valence-electron chi connectivity index (χ1n) is 10.3. The van der Waals surface area contributed by atoms with Crippen molar-refractivity contribution in [3.05, 3.63) is 95.2 Å². The number of hydrogen-bond acceptors (Lipinski definition) is 4. The third kappa shape index (κ3) is 4.64. The quantitative estimate of drug-likeness (QED) is 0.339. The van der Waals surface area contributed by atoms with E-state index in [1.54, 1.807) is 13.3 Å². The second kappa shape index (κ2) is 9.39. The summed E-state index contributed by atoms with van der Waals surface area (Å²) < 4.78 is 13.2. The molecule has 4 aromatic rings. The molecule has 1 N–H and O–H groups in total.